The number of benzene rings is 2. The van der Waals surface area contributed by atoms with Gasteiger partial charge >= 0.3 is 11.9 Å². The highest BCUT2D eigenvalue weighted by Gasteiger charge is 2.46. The van der Waals surface area contributed by atoms with Gasteiger partial charge in [0.2, 0.25) is 0 Å². The fourth-order valence-corrected chi connectivity index (χ4v) is 4.39. The van der Waals surface area contributed by atoms with E-state index in [1.54, 1.807) is 0 Å². The molecule has 5 heteroatoms. The quantitative estimate of drug-likeness (QED) is 0.725. The van der Waals surface area contributed by atoms with Crippen LogP contribution < -0.4 is 0 Å². The predicted molar refractivity (Wildman–Crippen MR) is 112 cm³/mol. The third-order valence-electron chi connectivity index (χ3n) is 5.84. The van der Waals surface area contributed by atoms with E-state index < -0.39 is 11.9 Å². The highest BCUT2D eigenvalue weighted by atomic mass is 16.5. The minimum absolute atomic E-state index is 0.00304. The number of carbonyl (C=O) groups is 2. The number of allylic oxidation sites excluding steroid dienone is 1. The first-order chi connectivity index (χ1) is 14.5. The van der Waals surface area contributed by atoms with Crippen LogP contribution >= 0.6 is 0 Å². The first-order valence-electron chi connectivity index (χ1n) is 9.90. The standard InChI is InChI=1S/C25H24O5/c1-15-9-11-16(12-10-15)18-13-19-22(25(27)29-3)20(24(26)28-2)14-30-23(19)21(18)17-7-5-4-6-8-17/h4-13,18,21,23H,14H2,1-3H3/t18?,21?,23-/m0/s1. The van der Waals surface area contributed by atoms with Gasteiger partial charge in [-0.3, -0.25) is 0 Å². The number of methoxy groups -OCH3 is 2. The van der Waals surface area contributed by atoms with Gasteiger partial charge in [0, 0.05) is 11.8 Å². The normalized spacial score (nSPS) is 22.9. The summed E-state index contributed by atoms with van der Waals surface area (Å²) in [6, 6.07) is 18.5. The maximum Gasteiger partial charge on any atom is 0.338 e. The molecule has 1 heterocycles. The van der Waals surface area contributed by atoms with Crippen LogP contribution in [-0.2, 0) is 23.8 Å². The lowest BCUT2D eigenvalue weighted by atomic mass is 9.81. The molecule has 0 spiro atoms. The van der Waals surface area contributed by atoms with Crippen LogP contribution in [0.2, 0.25) is 0 Å². The van der Waals surface area contributed by atoms with Crippen LogP contribution in [0.3, 0.4) is 0 Å². The van der Waals surface area contributed by atoms with Gasteiger partial charge in [-0.15, -0.1) is 0 Å². The first-order valence-corrected chi connectivity index (χ1v) is 9.90. The lowest BCUT2D eigenvalue weighted by Crippen LogP contribution is -2.33. The van der Waals surface area contributed by atoms with Crippen LogP contribution in [0.15, 0.2) is 77.4 Å². The summed E-state index contributed by atoms with van der Waals surface area (Å²) < 4.78 is 16.1. The van der Waals surface area contributed by atoms with Crippen LogP contribution in [0, 0.1) is 6.92 Å². The molecule has 0 N–H and O–H groups in total. The molecule has 30 heavy (non-hydrogen) atoms. The number of rotatable bonds is 4. The second-order valence-corrected chi connectivity index (χ2v) is 7.56. The van der Waals surface area contributed by atoms with E-state index in [9.17, 15) is 9.59 Å². The van der Waals surface area contributed by atoms with E-state index in [0.29, 0.717) is 5.57 Å². The minimum atomic E-state index is -0.579. The molecule has 0 fully saturated rings. The second-order valence-electron chi connectivity index (χ2n) is 7.56. The minimum Gasteiger partial charge on any atom is -0.466 e. The van der Waals surface area contributed by atoms with Crippen molar-refractivity contribution in [3.8, 4) is 0 Å². The van der Waals surface area contributed by atoms with E-state index in [-0.39, 0.29) is 35.7 Å². The molecule has 0 amide bonds. The smallest absolute Gasteiger partial charge is 0.338 e. The summed E-state index contributed by atoms with van der Waals surface area (Å²) in [6.45, 7) is 2.05. The average Bonchev–Trinajstić information content (AvgIpc) is 3.18. The molecule has 2 aliphatic rings. The van der Waals surface area contributed by atoms with Gasteiger partial charge in [-0.2, -0.15) is 0 Å². The van der Waals surface area contributed by atoms with Gasteiger partial charge in [-0.25, -0.2) is 9.59 Å². The number of hydrogen-bond acceptors (Lipinski definition) is 5. The molecule has 0 bridgehead atoms. The van der Waals surface area contributed by atoms with Crippen molar-refractivity contribution >= 4 is 11.9 Å². The van der Waals surface area contributed by atoms with E-state index in [2.05, 4.69) is 43.3 Å². The van der Waals surface area contributed by atoms with Gasteiger partial charge in [0.15, 0.2) is 0 Å². The van der Waals surface area contributed by atoms with Crippen molar-refractivity contribution in [3.05, 3.63) is 94.1 Å². The van der Waals surface area contributed by atoms with Crippen LogP contribution in [0.1, 0.15) is 28.5 Å². The van der Waals surface area contributed by atoms with Gasteiger partial charge in [-0.1, -0.05) is 66.2 Å². The molecule has 1 aliphatic carbocycles. The molecule has 2 unspecified atom stereocenters. The van der Waals surface area contributed by atoms with E-state index in [0.717, 1.165) is 11.1 Å². The molecule has 154 valence electrons. The van der Waals surface area contributed by atoms with Crippen LogP contribution in [0.4, 0.5) is 0 Å². The first kappa shape index (κ1) is 20.1. The summed E-state index contributed by atoms with van der Waals surface area (Å²) in [5, 5.41) is 0. The summed E-state index contributed by atoms with van der Waals surface area (Å²) in [5.41, 5.74) is 4.57. The number of aryl methyl sites for hydroxylation is 1. The lowest BCUT2D eigenvalue weighted by Gasteiger charge is -2.31. The fourth-order valence-electron chi connectivity index (χ4n) is 4.39. The molecule has 0 aromatic heterocycles. The molecular formula is C25H24O5. The van der Waals surface area contributed by atoms with Crippen molar-refractivity contribution in [2.24, 2.45) is 0 Å². The van der Waals surface area contributed by atoms with Gasteiger partial charge < -0.3 is 14.2 Å². The third-order valence-corrected chi connectivity index (χ3v) is 5.84. The highest BCUT2D eigenvalue weighted by molar-refractivity contribution is 6.04. The Balaban J connectivity index is 1.88. The third kappa shape index (κ3) is 3.46. The highest BCUT2D eigenvalue weighted by Crippen LogP contribution is 2.50. The van der Waals surface area contributed by atoms with Crippen molar-refractivity contribution in [2.45, 2.75) is 24.9 Å². The zero-order chi connectivity index (χ0) is 21.3. The largest absolute Gasteiger partial charge is 0.466 e. The van der Waals surface area contributed by atoms with Gasteiger partial charge in [-0.05, 0) is 23.6 Å². The maximum absolute atomic E-state index is 12.7. The Morgan fingerprint density at radius 3 is 2.20 bits per heavy atom. The van der Waals surface area contributed by atoms with Crippen molar-refractivity contribution in [2.75, 3.05) is 20.8 Å². The average molecular weight is 404 g/mol. The van der Waals surface area contributed by atoms with Crippen molar-refractivity contribution in [3.63, 3.8) is 0 Å². The maximum atomic E-state index is 12.7. The fraction of sp³-hybridized carbons (Fsp3) is 0.280. The van der Waals surface area contributed by atoms with Crippen molar-refractivity contribution < 1.29 is 23.8 Å². The van der Waals surface area contributed by atoms with E-state index in [1.807, 2.05) is 24.3 Å². The summed E-state index contributed by atoms with van der Waals surface area (Å²) >= 11 is 0. The second kappa shape index (κ2) is 8.28. The Morgan fingerprint density at radius 1 is 0.900 bits per heavy atom. The summed E-state index contributed by atoms with van der Waals surface area (Å²) in [7, 11) is 2.61. The Labute approximate surface area is 176 Å². The molecule has 5 nitrogen and oxygen atoms in total. The Bertz CT molecular complexity index is 1020. The zero-order valence-electron chi connectivity index (χ0n) is 17.3. The molecule has 0 radical (unpaired) electrons. The number of hydrogen-bond donors (Lipinski definition) is 0. The molecule has 4 rings (SSSR count). The van der Waals surface area contributed by atoms with Gasteiger partial charge in [0.25, 0.3) is 0 Å². The summed E-state index contributed by atoms with van der Waals surface area (Å²) in [5.74, 6) is -1.16. The molecule has 0 saturated heterocycles. The summed E-state index contributed by atoms with van der Waals surface area (Å²) in [4.78, 5) is 25.0. The van der Waals surface area contributed by atoms with Gasteiger partial charge in [0.1, 0.15) is 0 Å². The Hall–Kier alpha value is -3.18. The molecular weight excluding hydrogens is 380 g/mol. The number of ether oxygens (including phenoxy) is 3. The Kier molecular flexibility index (Phi) is 5.55. The van der Waals surface area contributed by atoms with E-state index in [4.69, 9.17) is 14.2 Å². The molecule has 1 aliphatic heterocycles. The SMILES string of the molecule is COC(=O)C1=C(C(=O)OC)C2=CC(c3ccc(C)cc3)C(c3ccccc3)[C@H]2OC1. The Morgan fingerprint density at radius 2 is 1.57 bits per heavy atom. The van der Waals surface area contributed by atoms with E-state index >= 15 is 0 Å². The van der Waals surface area contributed by atoms with Gasteiger partial charge in [0.05, 0.1) is 38.1 Å². The van der Waals surface area contributed by atoms with Crippen LogP contribution in [0.25, 0.3) is 0 Å². The molecule has 3 atom stereocenters. The lowest BCUT2D eigenvalue weighted by molar-refractivity contribution is -0.140. The van der Waals surface area contributed by atoms with Crippen LogP contribution in [0.5, 0.6) is 0 Å². The number of esters is 2. The van der Waals surface area contributed by atoms with Crippen molar-refractivity contribution in [1.82, 2.24) is 0 Å². The van der Waals surface area contributed by atoms with Crippen LogP contribution in [-0.4, -0.2) is 38.9 Å². The molecule has 2 aromatic carbocycles. The molecule has 2 aromatic rings. The van der Waals surface area contributed by atoms with E-state index in [1.165, 1.54) is 19.8 Å². The topological polar surface area (TPSA) is 61.8 Å². The monoisotopic (exact) mass is 404 g/mol. The summed E-state index contributed by atoms with van der Waals surface area (Å²) in [6.07, 6.45) is 1.68. The predicted octanol–water partition coefficient (Wildman–Crippen LogP) is 3.84. The number of carbonyl (C=O) groups excluding carboxylic acids is 2. The molecule has 0 saturated carbocycles. The number of fused-ring (bicyclic) bond motifs is 1. The zero-order valence-corrected chi connectivity index (χ0v) is 17.3. The van der Waals surface area contributed by atoms with Crippen molar-refractivity contribution in [1.29, 1.82) is 0 Å².